The van der Waals surface area contributed by atoms with Gasteiger partial charge >= 0.3 is 6.00 Å². The van der Waals surface area contributed by atoms with E-state index in [0.29, 0.717) is 0 Å². The molecule has 0 aliphatic carbocycles. The topological polar surface area (TPSA) is 0 Å². The number of nitrogens with zero attached hydrogens (tertiary/aromatic N) is 1. The van der Waals surface area contributed by atoms with Crippen LogP contribution in [0.1, 0.15) is 6.42 Å². The van der Waals surface area contributed by atoms with Crippen LogP contribution in [0.25, 0.3) is 0 Å². The van der Waals surface area contributed by atoms with Crippen LogP contribution >= 0.6 is 33.2 Å². The van der Waals surface area contributed by atoms with Crippen LogP contribution < -0.4 is 0 Å². The normalized spacial score (nSPS) is 13.6. The van der Waals surface area contributed by atoms with E-state index in [4.69, 9.17) is 33.2 Å². The highest BCUT2D eigenvalue weighted by atomic mass is 35.8. The van der Waals surface area contributed by atoms with E-state index in [2.05, 4.69) is 21.1 Å². The quantitative estimate of drug-likeness (QED) is 0.399. The summed E-state index contributed by atoms with van der Waals surface area (Å²) in [5.41, 5.74) is 0. The summed E-state index contributed by atoms with van der Waals surface area (Å²) in [7, 11) is 6.42. The number of hydrogen-bond donors (Lipinski definition) is 0. The van der Waals surface area contributed by atoms with Crippen LogP contribution in [0.3, 0.4) is 0 Å². The van der Waals surface area contributed by atoms with Gasteiger partial charge in [-0.15, -0.1) is 33.2 Å². The number of rotatable bonds is 4. The van der Waals surface area contributed by atoms with E-state index in [-0.39, 0.29) is 0 Å². The van der Waals surface area contributed by atoms with E-state index in [1.54, 1.807) is 0 Å². The van der Waals surface area contributed by atoms with Crippen molar-refractivity contribution in [3.8, 4) is 0 Å². The van der Waals surface area contributed by atoms with E-state index >= 15 is 0 Å². The third kappa shape index (κ3) is 11.0. The van der Waals surface area contributed by atoms with Gasteiger partial charge in [0.25, 0.3) is 0 Å². The molecule has 5 heteroatoms. The van der Waals surface area contributed by atoms with E-state index in [1.165, 1.54) is 0 Å². The molecule has 11 heavy (non-hydrogen) atoms. The Morgan fingerprint density at radius 1 is 1.09 bits per heavy atom. The van der Waals surface area contributed by atoms with Gasteiger partial charge in [-0.1, -0.05) is 0 Å². The molecule has 0 rings (SSSR count). The minimum atomic E-state index is -2.35. The fraction of sp³-hybridized carbons (Fsp3) is 1.00. The van der Waals surface area contributed by atoms with Crippen LogP contribution in [0.2, 0.25) is 6.04 Å². The molecule has 0 aromatic rings. The fourth-order valence-electron chi connectivity index (χ4n) is 0.754. The first-order chi connectivity index (χ1) is 4.71. The smallest absolute Gasteiger partial charge is 0.331 e. The predicted molar refractivity (Wildman–Crippen MR) is 55.6 cm³/mol. The van der Waals surface area contributed by atoms with Crippen molar-refractivity contribution in [1.29, 1.82) is 0 Å². The van der Waals surface area contributed by atoms with Crippen molar-refractivity contribution in [2.45, 2.75) is 12.5 Å². The maximum absolute atomic E-state index is 5.72. The van der Waals surface area contributed by atoms with Gasteiger partial charge in [0.1, 0.15) is 0 Å². The van der Waals surface area contributed by atoms with Gasteiger partial charge in [-0.3, -0.25) is 0 Å². The molecule has 0 spiro atoms. The monoisotopic (exact) mass is 234 g/mol. The molecule has 0 atom stereocenters. The average molecular weight is 236 g/mol. The van der Waals surface area contributed by atoms with Crippen molar-refractivity contribution < 1.29 is 4.48 Å². The highest BCUT2D eigenvalue weighted by Gasteiger charge is 2.25. The molecule has 0 aliphatic rings. The Morgan fingerprint density at radius 3 is 1.82 bits per heavy atom. The first-order valence-electron chi connectivity index (χ1n) is 3.58. The van der Waals surface area contributed by atoms with Crippen LogP contribution in [0.15, 0.2) is 0 Å². The van der Waals surface area contributed by atoms with E-state index in [9.17, 15) is 0 Å². The second-order valence-electron chi connectivity index (χ2n) is 3.73. The Labute approximate surface area is 83.9 Å². The maximum atomic E-state index is 5.72. The molecule has 0 amide bonds. The molecule has 1 nitrogen and oxygen atoms in total. The molecule has 0 aromatic carbocycles. The van der Waals surface area contributed by atoms with Crippen molar-refractivity contribution in [1.82, 2.24) is 0 Å². The molecular weight excluding hydrogens is 221 g/mol. The fourth-order valence-corrected chi connectivity index (χ4v) is 2.52. The molecule has 0 aromatic heterocycles. The average Bonchev–Trinajstić information content (AvgIpc) is 1.55. The van der Waals surface area contributed by atoms with Crippen LogP contribution in [-0.4, -0.2) is 38.2 Å². The van der Waals surface area contributed by atoms with E-state index in [0.717, 1.165) is 23.5 Å². The highest BCUT2D eigenvalue weighted by Crippen LogP contribution is 2.26. The zero-order valence-electron chi connectivity index (χ0n) is 7.20. The van der Waals surface area contributed by atoms with Crippen molar-refractivity contribution in [3.05, 3.63) is 0 Å². The van der Waals surface area contributed by atoms with Crippen molar-refractivity contribution in [3.63, 3.8) is 0 Å². The second kappa shape index (κ2) is 4.33. The Balaban J connectivity index is 3.44. The lowest BCUT2D eigenvalue weighted by Gasteiger charge is -2.24. The van der Waals surface area contributed by atoms with Crippen LogP contribution in [0.5, 0.6) is 0 Å². The zero-order valence-corrected chi connectivity index (χ0v) is 10.5. The van der Waals surface area contributed by atoms with Gasteiger partial charge in [-0.25, -0.2) is 0 Å². The lowest BCUT2D eigenvalue weighted by atomic mass is 10.4. The Hall–Kier alpha value is 1.05. The van der Waals surface area contributed by atoms with Crippen LogP contribution in [0.4, 0.5) is 0 Å². The summed E-state index contributed by atoms with van der Waals surface area (Å²) < 4.78 is 0.940. The molecule has 0 heterocycles. The van der Waals surface area contributed by atoms with Gasteiger partial charge in [0, 0.05) is 0 Å². The van der Waals surface area contributed by atoms with Crippen molar-refractivity contribution in [2.75, 3.05) is 27.7 Å². The summed E-state index contributed by atoms with van der Waals surface area (Å²) in [5, 5.41) is 0. The molecule has 68 valence electrons. The first kappa shape index (κ1) is 12.0. The van der Waals surface area contributed by atoms with E-state index < -0.39 is 6.00 Å². The second-order valence-corrected chi connectivity index (χ2v) is 13.0. The maximum Gasteiger partial charge on any atom is 0.341 e. The Kier molecular flexibility index (Phi) is 4.74. The molecule has 0 aliphatic heterocycles. The summed E-state index contributed by atoms with van der Waals surface area (Å²) in [6, 6.07) is -1.58. The summed E-state index contributed by atoms with van der Waals surface area (Å²) >= 11 is 17.2. The SMILES string of the molecule is C[N+](C)(C)CCC[Si](Cl)(Cl)Cl. The minimum absolute atomic E-state index is 0.771. The number of quaternary nitrogens is 1. The first-order valence-corrected chi connectivity index (χ1v) is 8.82. The van der Waals surface area contributed by atoms with Gasteiger partial charge in [0.2, 0.25) is 0 Å². The lowest BCUT2D eigenvalue weighted by Crippen LogP contribution is -2.35. The summed E-state index contributed by atoms with van der Waals surface area (Å²) in [6.07, 6.45) is 1.01. The lowest BCUT2D eigenvalue weighted by molar-refractivity contribution is -0.870. The molecule has 0 saturated heterocycles. The van der Waals surface area contributed by atoms with Crippen LogP contribution in [-0.2, 0) is 0 Å². The molecule has 0 radical (unpaired) electrons. The molecule has 0 N–H and O–H groups in total. The summed E-state index contributed by atoms with van der Waals surface area (Å²) in [4.78, 5) is 0. The number of hydrogen-bond acceptors (Lipinski definition) is 0. The number of halogens is 3. The highest BCUT2D eigenvalue weighted by molar-refractivity contribution is 7.64. The van der Waals surface area contributed by atoms with Gasteiger partial charge in [-0.05, 0) is 12.5 Å². The van der Waals surface area contributed by atoms with E-state index in [1.807, 2.05) is 0 Å². The Bertz CT molecular complexity index is 102. The molecule has 0 unspecified atom stereocenters. The van der Waals surface area contributed by atoms with Crippen LogP contribution in [0, 0.1) is 0 Å². The van der Waals surface area contributed by atoms with Crippen molar-refractivity contribution in [2.24, 2.45) is 0 Å². The Morgan fingerprint density at radius 2 is 1.55 bits per heavy atom. The minimum Gasteiger partial charge on any atom is -0.331 e. The summed E-state index contributed by atoms with van der Waals surface area (Å²) in [6.45, 7) is 1.07. The molecular formula is C6H15Cl3NSi+. The predicted octanol–water partition coefficient (Wildman–Crippen LogP) is 2.74. The third-order valence-corrected chi connectivity index (χ3v) is 3.91. The summed E-state index contributed by atoms with van der Waals surface area (Å²) in [5.74, 6) is 0. The third-order valence-electron chi connectivity index (χ3n) is 1.29. The molecule has 0 saturated carbocycles. The standard InChI is InChI=1S/C6H15Cl3NSi/c1-10(2,3)5-4-6-11(7,8)9/h4-6H2,1-3H3/q+1. The van der Waals surface area contributed by atoms with Gasteiger partial charge in [-0.2, -0.15) is 0 Å². The van der Waals surface area contributed by atoms with Gasteiger partial charge in [0.05, 0.1) is 27.7 Å². The molecule has 0 fully saturated rings. The van der Waals surface area contributed by atoms with Gasteiger partial charge < -0.3 is 4.48 Å². The van der Waals surface area contributed by atoms with Gasteiger partial charge in [0.15, 0.2) is 0 Å². The largest absolute Gasteiger partial charge is 0.341 e. The van der Waals surface area contributed by atoms with Crippen molar-refractivity contribution >= 4 is 39.2 Å². The molecule has 0 bridgehead atoms. The zero-order chi connectivity index (χ0) is 9.12.